The van der Waals surface area contributed by atoms with Gasteiger partial charge in [-0.1, -0.05) is 0 Å². The number of ether oxygens (including phenoxy) is 2. The zero-order valence-electron chi connectivity index (χ0n) is 19.5. The lowest BCUT2D eigenvalue weighted by molar-refractivity contribution is -0.548. The lowest BCUT2D eigenvalue weighted by Gasteiger charge is -2.40. The largest absolute Gasteiger partial charge is 0.500 e. The molecule has 0 aromatic heterocycles. The minimum atomic E-state index is -8.07. The minimum absolute atomic E-state index is 0.406. The van der Waals surface area contributed by atoms with E-state index in [2.05, 4.69) is 0 Å². The van der Waals surface area contributed by atoms with Crippen molar-refractivity contribution in [3.63, 3.8) is 0 Å². The lowest BCUT2D eigenvalue weighted by Crippen LogP contribution is -2.68. The van der Waals surface area contributed by atoms with E-state index in [0.29, 0.717) is 0 Å². The molecule has 0 saturated carbocycles. The maximum atomic E-state index is 14.4. The molecule has 0 bridgehead atoms. The number of hydrogen-bond acceptors (Lipinski definition) is 6. The van der Waals surface area contributed by atoms with Gasteiger partial charge in [0.25, 0.3) is 5.91 Å². The van der Waals surface area contributed by atoms with Crippen LogP contribution in [0, 0.1) is 0 Å². The molecular weight excluding hydrogens is 641 g/mol. The van der Waals surface area contributed by atoms with Crippen molar-refractivity contribution in [3.05, 3.63) is 0 Å². The van der Waals surface area contributed by atoms with E-state index in [-0.39, 0.29) is 0 Å². The highest BCUT2D eigenvalue weighted by Gasteiger charge is 2.85. The van der Waals surface area contributed by atoms with Gasteiger partial charge in [0.2, 0.25) is 0 Å². The summed E-state index contributed by atoms with van der Waals surface area (Å²) in [6.07, 6.45) is -39.2. The van der Waals surface area contributed by atoms with Crippen LogP contribution >= 0.6 is 0 Å². The molecule has 0 fully saturated rings. The summed E-state index contributed by atoms with van der Waals surface area (Å²) >= 11 is 0. The van der Waals surface area contributed by atoms with Gasteiger partial charge in [0.1, 0.15) is 0 Å². The summed E-state index contributed by atoms with van der Waals surface area (Å²) < 4.78 is 241. The fourth-order valence-corrected chi connectivity index (χ4v) is 4.06. The van der Waals surface area contributed by atoms with Crippen molar-refractivity contribution in [1.82, 2.24) is 5.32 Å². The molecule has 0 heterocycles. The summed E-state index contributed by atoms with van der Waals surface area (Å²) in [5.74, 6) is -26.2. The normalized spacial score (nSPS) is 17.8. The van der Waals surface area contributed by atoms with Gasteiger partial charge in [-0.25, -0.2) is 0 Å². The highest BCUT2D eigenvalue weighted by Crippen LogP contribution is 2.56. The van der Waals surface area contributed by atoms with Gasteiger partial charge in [-0.15, -0.1) is 0 Å². The SMILES string of the molecule is CO[Si](CCCNC(=O)C(F)(OC(F)(F)C(F)(OC(F)(F)C(F)(F)C(F)(F)F)C(F)(F)F)C(F)(F)F)(OC)OC. The van der Waals surface area contributed by atoms with E-state index >= 15 is 0 Å². The Morgan fingerprint density at radius 3 is 1.38 bits per heavy atom. The van der Waals surface area contributed by atoms with Gasteiger partial charge >= 0.3 is 57.2 Å². The van der Waals surface area contributed by atoms with Crippen molar-refractivity contribution < 1.29 is 102 Å². The molecule has 0 aliphatic heterocycles. The summed E-state index contributed by atoms with van der Waals surface area (Å²) in [6.45, 7) is -1.19. The number of carbonyl (C=O) groups is 1. The number of amides is 1. The molecule has 0 aromatic carbocycles. The quantitative estimate of drug-likeness (QED) is 0.157. The fraction of sp³-hybridized carbons (Fsp3) is 0.933. The average molecular weight is 657 g/mol. The van der Waals surface area contributed by atoms with Gasteiger partial charge in [-0.2, -0.15) is 74.6 Å². The first-order valence-electron chi connectivity index (χ1n) is 9.53. The van der Waals surface area contributed by atoms with Crippen molar-refractivity contribution in [2.45, 2.75) is 60.8 Å². The zero-order valence-corrected chi connectivity index (χ0v) is 20.5. The fourth-order valence-electron chi connectivity index (χ4n) is 2.34. The molecule has 240 valence electrons. The van der Waals surface area contributed by atoms with Gasteiger partial charge < -0.3 is 18.6 Å². The van der Waals surface area contributed by atoms with E-state index in [1.54, 1.807) is 0 Å². The standard InChI is InChI=1S/C15H16F17NO6Si/c1-35-40(36-2,37-3)6-4-5-33-7(34)8(16,11(20,21)22)38-15(31,32)10(19,13(26,27)28)39-14(29,30)9(17,18)12(23,24)25/h4-6H2,1-3H3,(H,33,34). The van der Waals surface area contributed by atoms with Crippen LogP contribution in [0.15, 0.2) is 0 Å². The highest BCUT2D eigenvalue weighted by atomic mass is 28.4. The number of hydrogen-bond donors (Lipinski definition) is 1. The zero-order chi connectivity index (χ0) is 32.4. The third kappa shape index (κ3) is 7.38. The Morgan fingerprint density at radius 1 is 0.625 bits per heavy atom. The summed E-state index contributed by atoms with van der Waals surface area (Å²) in [4.78, 5) is 11.7. The molecule has 25 heteroatoms. The molecule has 2 unspecified atom stereocenters. The molecule has 1 amide bonds. The van der Waals surface area contributed by atoms with Crippen LogP contribution in [0.1, 0.15) is 6.42 Å². The Balaban J connectivity index is 6.38. The Kier molecular flexibility index (Phi) is 11.4. The highest BCUT2D eigenvalue weighted by molar-refractivity contribution is 6.60. The second kappa shape index (κ2) is 11.9. The van der Waals surface area contributed by atoms with Gasteiger partial charge in [0.05, 0.1) is 0 Å². The molecule has 0 aromatic rings. The molecule has 2 atom stereocenters. The van der Waals surface area contributed by atoms with E-state index in [9.17, 15) is 79.4 Å². The van der Waals surface area contributed by atoms with Crippen LogP contribution < -0.4 is 5.32 Å². The predicted molar refractivity (Wildman–Crippen MR) is 92.1 cm³/mol. The van der Waals surface area contributed by atoms with Crippen LogP contribution in [0.3, 0.4) is 0 Å². The summed E-state index contributed by atoms with van der Waals surface area (Å²) in [5, 5.41) is 0.882. The topological polar surface area (TPSA) is 75.3 Å². The van der Waals surface area contributed by atoms with Crippen LogP contribution in [0.2, 0.25) is 6.04 Å². The maximum Gasteiger partial charge on any atom is 0.500 e. The summed E-state index contributed by atoms with van der Waals surface area (Å²) in [6, 6.07) is -0.406. The Labute approximate surface area is 212 Å². The van der Waals surface area contributed by atoms with E-state index in [1.165, 1.54) is 4.74 Å². The van der Waals surface area contributed by atoms with Crippen molar-refractivity contribution in [1.29, 1.82) is 0 Å². The van der Waals surface area contributed by atoms with E-state index < -0.39 is 82.1 Å². The monoisotopic (exact) mass is 657 g/mol. The lowest BCUT2D eigenvalue weighted by atomic mass is 10.2. The number of carbonyl (C=O) groups excluding carboxylic acids is 1. The molecule has 0 radical (unpaired) electrons. The number of alkyl halides is 17. The molecule has 0 spiro atoms. The number of halogens is 17. The van der Waals surface area contributed by atoms with Gasteiger partial charge in [-0.05, 0) is 6.42 Å². The van der Waals surface area contributed by atoms with Crippen molar-refractivity contribution in [3.8, 4) is 0 Å². The van der Waals surface area contributed by atoms with Crippen LogP contribution in [0.5, 0.6) is 0 Å². The van der Waals surface area contributed by atoms with E-state index in [0.717, 1.165) is 26.6 Å². The molecule has 0 saturated heterocycles. The van der Waals surface area contributed by atoms with Crippen LogP contribution in [-0.2, 0) is 27.5 Å². The second-order valence-corrected chi connectivity index (χ2v) is 10.2. The van der Waals surface area contributed by atoms with E-state index in [4.69, 9.17) is 13.3 Å². The number of rotatable bonds is 14. The van der Waals surface area contributed by atoms with Gasteiger partial charge in [-0.3, -0.25) is 14.3 Å². The predicted octanol–water partition coefficient (Wildman–Crippen LogP) is 5.24. The molecule has 7 nitrogen and oxygen atoms in total. The smallest absolute Gasteiger partial charge is 0.377 e. The van der Waals surface area contributed by atoms with Gasteiger partial charge in [0, 0.05) is 33.9 Å². The molecule has 0 aliphatic rings. The minimum Gasteiger partial charge on any atom is -0.377 e. The Morgan fingerprint density at radius 2 is 1.05 bits per heavy atom. The Bertz CT molecular complexity index is 853. The maximum absolute atomic E-state index is 14.4. The first kappa shape index (κ1) is 38.3. The molecular formula is C15H16F17NO6Si. The third-order valence-electron chi connectivity index (χ3n) is 4.53. The molecule has 40 heavy (non-hydrogen) atoms. The molecule has 0 rings (SSSR count). The first-order valence-corrected chi connectivity index (χ1v) is 11.5. The first-order chi connectivity index (χ1) is 17.5. The van der Waals surface area contributed by atoms with Crippen molar-refractivity contribution in [2.75, 3.05) is 27.9 Å². The average Bonchev–Trinajstić information content (AvgIpc) is 2.76. The van der Waals surface area contributed by atoms with Crippen LogP contribution in [0.4, 0.5) is 74.6 Å². The van der Waals surface area contributed by atoms with Gasteiger partial charge in [0.15, 0.2) is 0 Å². The summed E-state index contributed by atoms with van der Waals surface area (Å²) in [7, 11) is -0.476. The molecule has 1 N–H and O–H groups in total. The molecule has 0 aliphatic carbocycles. The Hall–Kier alpha value is -1.70. The second-order valence-electron chi connectivity index (χ2n) is 7.15. The number of nitrogens with one attached hydrogen (secondary N) is 1. The third-order valence-corrected chi connectivity index (χ3v) is 7.37. The van der Waals surface area contributed by atoms with Crippen molar-refractivity contribution >= 4 is 14.7 Å². The van der Waals surface area contributed by atoms with Crippen molar-refractivity contribution in [2.24, 2.45) is 0 Å². The van der Waals surface area contributed by atoms with Crippen LogP contribution in [0.25, 0.3) is 0 Å². The van der Waals surface area contributed by atoms with Crippen LogP contribution in [-0.4, -0.2) is 91.0 Å². The summed E-state index contributed by atoms with van der Waals surface area (Å²) in [5.41, 5.74) is 0. The van der Waals surface area contributed by atoms with E-state index in [1.807, 2.05) is 4.74 Å².